The average Bonchev–Trinajstić information content (AvgIpc) is 2.64. The van der Waals surface area contributed by atoms with Crippen LogP contribution in [0.4, 0.5) is 14.9 Å². The summed E-state index contributed by atoms with van der Waals surface area (Å²) < 4.78 is 18.7. The van der Waals surface area contributed by atoms with Gasteiger partial charge in [0.05, 0.1) is 24.0 Å². The fourth-order valence-corrected chi connectivity index (χ4v) is 2.72. The largest absolute Gasteiger partial charge is 0.453 e. The second kappa shape index (κ2) is 9.04. The van der Waals surface area contributed by atoms with Gasteiger partial charge in [-0.25, -0.2) is 14.2 Å². The fourth-order valence-electron chi connectivity index (χ4n) is 2.55. The van der Waals surface area contributed by atoms with Gasteiger partial charge < -0.3 is 10.1 Å². The Bertz CT molecular complexity index is 991. The van der Waals surface area contributed by atoms with Crippen molar-refractivity contribution >= 4 is 29.3 Å². The highest BCUT2D eigenvalue weighted by atomic mass is 35.5. The lowest BCUT2D eigenvalue weighted by atomic mass is 10.1. The van der Waals surface area contributed by atoms with Gasteiger partial charge in [0.2, 0.25) is 5.91 Å². The normalized spacial score (nSPS) is 11.1. The van der Waals surface area contributed by atoms with E-state index in [0.717, 1.165) is 0 Å². The topological polar surface area (TPSA) is 102 Å². The molecule has 0 atom stereocenters. The molecule has 2 aromatic rings. The fraction of sp³-hybridized carbons (Fsp3) is 0.368. The molecule has 2 amide bonds. The molecule has 0 unspecified atom stereocenters. The highest BCUT2D eigenvalue weighted by Crippen LogP contribution is 2.29. The number of anilines is 1. The summed E-state index contributed by atoms with van der Waals surface area (Å²) in [7, 11) is 1.22. The van der Waals surface area contributed by atoms with Gasteiger partial charge in [0.1, 0.15) is 19.0 Å². The average molecular weight is 425 g/mol. The van der Waals surface area contributed by atoms with Crippen LogP contribution in [0.1, 0.15) is 19.7 Å². The van der Waals surface area contributed by atoms with Crippen molar-refractivity contribution in [2.75, 3.05) is 19.1 Å². The quantitative estimate of drug-likeness (QED) is 0.742. The van der Waals surface area contributed by atoms with E-state index in [-0.39, 0.29) is 18.1 Å². The third kappa shape index (κ3) is 5.77. The number of carbonyl (C=O) groups is 2. The lowest BCUT2D eigenvalue weighted by molar-refractivity contribution is -0.123. The number of aryl methyl sites for hydroxylation is 1. The first kappa shape index (κ1) is 22.4. The number of hydrogen-bond acceptors (Lipinski definition) is 5. The first-order chi connectivity index (χ1) is 13.6. The number of carbonyl (C=O) groups excluding carboxylic acids is 2. The predicted molar refractivity (Wildman–Crippen MR) is 108 cm³/mol. The van der Waals surface area contributed by atoms with Crippen LogP contribution in [-0.4, -0.2) is 40.9 Å². The van der Waals surface area contributed by atoms with Gasteiger partial charge in [-0.3, -0.25) is 19.5 Å². The SMILES string of the molecule is COC(=O)Nc1cc(Cl)ccc1-c1cc(=O)n(CC(=O)NC(C)(C)CF)c(C)n1. The minimum Gasteiger partial charge on any atom is -0.453 e. The number of halogens is 2. The van der Waals surface area contributed by atoms with Crippen molar-refractivity contribution in [3.63, 3.8) is 0 Å². The summed E-state index contributed by atoms with van der Waals surface area (Å²) in [6, 6.07) is 5.94. The molecule has 156 valence electrons. The molecule has 0 aliphatic carbocycles. The number of methoxy groups -OCH3 is 1. The van der Waals surface area contributed by atoms with Crippen LogP contribution in [0.5, 0.6) is 0 Å². The predicted octanol–water partition coefficient (Wildman–Crippen LogP) is 2.91. The van der Waals surface area contributed by atoms with Crippen LogP contribution in [0, 0.1) is 6.92 Å². The molecule has 0 bridgehead atoms. The minimum absolute atomic E-state index is 0.277. The summed E-state index contributed by atoms with van der Waals surface area (Å²) in [6.07, 6.45) is -0.703. The van der Waals surface area contributed by atoms with Gasteiger partial charge in [0, 0.05) is 16.7 Å². The number of hydrogen-bond donors (Lipinski definition) is 2. The summed E-state index contributed by atoms with van der Waals surface area (Å²) in [6.45, 7) is 3.61. The molecular formula is C19H22ClFN4O4. The molecule has 2 rings (SSSR count). The van der Waals surface area contributed by atoms with Crippen LogP contribution >= 0.6 is 11.6 Å². The maximum absolute atomic E-state index is 12.9. The van der Waals surface area contributed by atoms with Crippen molar-refractivity contribution in [3.8, 4) is 11.3 Å². The molecule has 8 nitrogen and oxygen atoms in total. The van der Waals surface area contributed by atoms with Crippen LogP contribution in [-0.2, 0) is 16.1 Å². The van der Waals surface area contributed by atoms with Crippen molar-refractivity contribution < 1.29 is 18.7 Å². The molecule has 0 fully saturated rings. The Kier molecular flexibility index (Phi) is 6.97. The van der Waals surface area contributed by atoms with Crippen molar-refractivity contribution in [2.24, 2.45) is 0 Å². The summed E-state index contributed by atoms with van der Waals surface area (Å²) >= 11 is 5.99. The van der Waals surface area contributed by atoms with E-state index < -0.39 is 29.8 Å². The van der Waals surface area contributed by atoms with Gasteiger partial charge in [-0.2, -0.15) is 0 Å². The van der Waals surface area contributed by atoms with Crippen LogP contribution in [0.3, 0.4) is 0 Å². The maximum Gasteiger partial charge on any atom is 0.411 e. The van der Waals surface area contributed by atoms with E-state index in [1.807, 2.05) is 0 Å². The lowest BCUT2D eigenvalue weighted by Crippen LogP contribution is -2.47. The molecule has 0 radical (unpaired) electrons. The zero-order chi connectivity index (χ0) is 21.8. The number of alkyl halides is 1. The van der Waals surface area contributed by atoms with Gasteiger partial charge in [0.15, 0.2) is 0 Å². The highest BCUT2D eigenvalue weighted by Gasteiger charge is 2.21. The van der Waals surface area contributed by atoms with Crippen LogP contribution in [0.25, 0.3) is 11.3 Å². The summed E-state index contributed by atoms with van der Waals surface area (Å²) in [5.74, 6) is -0.230. The molecule has 10 heteroatoms. The maximum atomic E-state index is 12.9. The molecule has 0 spiro atoms. The van der Waals surface area contributed by atoms with Crippen LogP contribution < -0.4 is 16.2 Å². The molecule has 1 heterocycles. The number of ether oxygens (including phenoxy) is 1. The molecule has 1 aromatic heterocycles. The van der Waals surface area contributed by atoms with Gasteiger partial charge in [0.25, 0.3) is 5.56 Å². The molecule has 29 heavy (non-hydrogen) atoms. The van der Waals surface area contributed by atoms with E-state index in [1.54, 1.807) is 19.1 Å². The molecule has 0 aliphatic heterocycles. The number of rotatable bonds is 6. The van der Waals surface area contributed by atoms with E-state index >= 15 is 0 Å². The monoisotopic (exact) mass is 424 g/mol. The van der Waals surface area contributed by atoms with E-state index in [0.29, 0.717) is 16.3 Å². The Hall–Kier alpha value is -2.94. The van der Waals surface area contributed by atoms with Crippen LogP contribution in [0.15, 0.2) is 29.1 Å². The lowest BCUT2D eigenvalue weighted by Gasteiger charge is -2.23. The van der Waals surface area contributed by atoms with Gasteiger partial charge >= 0.3 is 6.09 Å². The molecule has 0 saturated carbocycles. The Labute approximate surface area is 172 Å². The van der Waals surface area contributed by atoms with Crippen molar-refractivity contribution in [3.05, 3.63) is 45.5 Å². The zero-order valence-electron chi connectivity index (χ0n) is 16.5. The number of amides is 2. The Morgan fingerprint density at radius 1 is 1.31 bits per heavy atom. The number of nitrogens with zero attached hydrogens (tertiary/aromatic N) is 2. The van der Waals surface area contributed by atoms with Gasteiger partial charge in [-0.15, -0.1) is 0 Å². The van der Waals surface area contributed by atoms with Gasteiger partial charge in [-0.1, -0.05) is 11.6 Å². The van der Waals surface area contributed by atoms with E-state index in [2.05, 4.69) is 20.4 Å². The van der Waals surface area contributed by atoms with E-state index in [4.69, 9.17) is 11.6 Å². The summed E-state index contributed by atoms with van der Waals surface area (Å²) in [4.78, 5) is 40.7. The van der Waals surface area contributed by atoms with E-state index in [9.17, 15) is 18.8 Å². The summed E-state index contributed by atoms with van der Waals surface area (Å²) in [5.41, 5.74) is -0.443. The van der Waals surface area contributed by atoms with Crippen LogP contribution in [0.2, 0.25) is 5.02 Å². The van der Waals surface area contributed by atoms with Crippen molar-refractivity contribution in [1.82, 2.24) is 14.9 Å². The van der Waals surface area contributed by atoms with Crippen molar-refractivity contribution in [1.29, 1.82) is 0 Å². The smallest absolute Gasteiger partial charge is 0.411 e. The standard InChI is InChI=1S/C19H22ClFN4O4/c1-11-22-15(13-6-5-12(20)7-14(13)23-18(28)29-4)8-17(27)25(11)9-16(26)24-19(2,3)10-21/h5-8H,9-10H2,1-4H3,(H,23,28)(H,24,26). The molecule has 0 saturated heterocycles. The zero-order valence-corrected chi connectivity index (χ0v) is 17.3. The third-order valence-electron chi connectivity index (χ3n) is 3.99. The molecule has 0 aliphatic rings. The Balaban J connectivity index is 2.38. The summed E-state index contributed by atoms with van der Waals surface area (Å²) in [5, 5.41) is 5.42. The van der Waals surface area contributed by atoms with Crippen molar-refractivity contribution in [2.45, 2.75) is 32.9 Å². The minimum atomic E-state index is -1.03. The molecule has 2 N–H and O–H groups in total. The number of aromatic nitrogens is 2. The number of nitrogens with one attached hydrogen (secondary N) is 2. The Morgan fingerprint density at radius 2 is 2.00 bits per heavy atom. The number of benzene rings is 1. The third-order valence-corrected chi connectivity index (χ3v) is 4.23. The first-order valence-electron chi connectivity index (χ1n) is 8.66. The second-order valence-electron chi connectivity index (χ2n) is 6.99. The Morgan fingerprint density at radius 3 is 2.59 bits per heavy atom. The molecular weight excluding hydrogens is 403 g/mol. The first-order valence-corrected chi connectivity index (χ1v) is 9.04. The van der Waals surface area contributed by atoms with Gasteiger partial charge in [-0.05, 0) is 39.0 Å². The molecule has 1 aromatic carbocycles. The second-order valence-corrected chi connectivity index (χ2v) is 7.42. The van der Waals surface area contributed by atoms with E-state index in [1.165, 1.54) is 37.7 Å². The highest BCUT2D eigenvalue weighted by molar-refractivity contribution is 6.31.